The molecule has 0 amide bonds. The molecule has 0 fully saturated rings. The van der Waals surface area contributed by atoms with Gasteiger partial charge in [-0.05, 0) is 37.3 Å². The molecule has 1 N–H and O–H groups in total. The maximum absolute atomic E-state index is 11.1. The Bertz CT molecular complexity index is 818. The number of carbonyl (C=O) groups is 1. The zero-order chi connectivity index (χ0) is 14.3. The Hall–Kier alpha value is -2.62. The Labute approximate surface area is 116 Å². The molecule has 0 aliphatic rings. The van der Waals surface area contributed by atoms with Crippen molar-refractivity contribution in [3.05, 3.63) is 53.7 Å². The van der Waals surface area contributed by atoms with Crippen LogP contribution >= 0.6 is 0 Å². The van der Waals surface area contributed by atoms with Crippen LogP contribution < -0.4 is 0 Å². The van der Waals surface area contributed by atoms with E-state index in [1.165, 1.54) is 17.8 Å². The van der Waals surface area contributed by atoms with E-state index in [-0.39, 0.29) is 5.56 Å². The van der Waals surface area contributed by atoms with E-state index >= 15 is 0 Å². The van der Waals surface area contributed by atoms with Crippen molar-refractivity contribution in [1.29, 1.82) is 0 Å². The highest BCUT2D eigenvalue weighted by Gasteiger charge is 2.11. The first-order valence-electron chi connectivity index (χ1n) is 6.32. The summed E-state index contributed by atoms with van der Waals surface area (Å²) in [7, 11) is 1.96. The lowest BCUT2D eigenvalue weighted by molar-refractivity contribution is 0.0697. The van der Waals surface area contributed by atoms with Crippen molar-refractivity contribution in [2.45, 2.75) is 6.92 Å². The number of nitrogens with zero attached hydrogens (tertiary/aromatic N) is 2. The summed E-state index contributed by atoms with van der Waals surface area (Å²) < 4.78 is 2.03. The van der Waals surface area contributed by atoms with Crippen molar-refractivity contribution in [3.63, 3.8) is 0 Å². The highest BCUT2D eigenvalue weighted by atomic mass is 16.4. The minimum absolute atomic E-state index is 0.247. The van der Waals surface area contributed by atoms with Crippen LogP contribution in [-0.2, 0) is 7.05 Å². The van der Waals surface area contributed by atoms with Crippen LogP contribution in [0.2, 0.25) is 0 Å². The van der Waals surface area contributed by atoms with Crippen molar-refractivity contribution >= 4 is 16.9 Å². The van der Waals surface area contributed by atoms with Gasteiger partial charge in [0.05, 0.1) is 17.0 Å². The molecule has 1 aromatic carbocycles. The molecular weight excluding hydrogens is 252 g/mol. The van der Waals surface area contributed by atoms with Gasteiger partial charge in [0.2, 0.25) is 0 Å². The Kier molecular flexibility index (Phi) is 2.79. The summed E-state index contributed by atoms with van der Waals surface area (Å²) in [5, 5.41) is 10.2. The molecule has 2 aromatic heterocycles. The van der Waals surface area contributed by atoms with Gasteiger partial charge < -0.3 is 9.67 Å². The summed E-state index contributed by atoms with van der Waals surface area (Å²) in [6, 6.07) is 11.4. The average molecular weight is 266 g/mol. The van der Waals surface area contributed by atoms with Gasteiger partial charge in [-0.3, -0.25) is 4.98 Å². The number of carboxylic acid groups (broad SMARTS) is 1. The summed E-state index contributed by atoms with van der Waals surface area (Å²) in [6.45, 7) is 2.05. The number of aromatic nitrogens is 2. The molecule has 0 saturated carbocycles. The fraction of sp³-hybridized carbons (Fsp3) is 0.125. The molecular formula is C16H14N2O2. The van der Waals surface area contributed by atoms with Gasteiger partial charge in [-0.1, -0.05) is 11.6 Å². The lowest BCUT2D eigenvalue weighted by atomic mass is 10.1. The van der Waals surface area contributed by atoms with E-state index in [1.54, 1.807) is 6.07 Å². The van der Waals surface area contributed by atoms with Crippen LogP contribution in [0.25, 0.3) is 22.3 Å². The zero-order valence-corrected chi connectivity index (χ0v) is 11.3. The Morgan fingerprint density at radius 1 is 1.20 bits per heavy atom. The van der Waals surface area contributed by atoms with Crippen LogP contribution in [0.3, 0.4) is 0 Å². The Morgan fingerprint density at radius 3 is 2.75 bits per heavy atom. The van der Waals surface area contributed by atoms with E-state index in [4.69, 9.17) is 5.11 Å². The summed E-state index contributed by atoms with van der Waals surface area (Å²) in [5.41, 5.74) is 4.13. The zero-order valence-electron chi connectivity index (χ0n) is 11.3. The van der Waals surface area contributed by atoms with E-state index in [0.29, 0.717) is 5.69 Å². The van der Waals surface area contributed by atoms with Crippen LogP contribution in [0.5, 0.6) is 0 Å². The molecule has 0 radical (unpaired) electrons. The van der Waals surface area contributed by atoms with Crippen molar-refractivity contribution in [2.75, 3.05) is 0 Å². The fourth-order valence-corrected chi connectivity index (χ4v) is 2.42. The van der Waals surface area contributed by atoms with Crippen LogP contribution in [0, 0.1) is 6.92 Å². The number of benzene rings is 1. The number of rotatable bonds is 2. The second kappa shape index (κ2) is 4.49. The summed E-state index contributed by atoms with van der Waals surface area (Å²) in [4.78, 5) is 15.3. The third-order valence-electron chi connectivity index (χ3n) is 3.47. The lowest BCUT2D eigenvalue weighted by Crippen LogP contribution is -1.99. The number of hydrogen-bond donors (Lipinski definition) is 1. The molecule has 4 nitrogen and oxygen atoms in total. The van der Waals surface area contributed by atoms with Gasteiger partial charge in [0, 0.05) is 24.1 Å². The number of pyridine rings is 1. The predicted octanol–water partition coefficient (Wildman–Crippen LogP) is 3.25. The maximum Gasteiger partial charge on any atom is 0.335 e. The van der Waals surface area contributed by atoms with Crippen LogP contribution in [0.1, 0.15) is 15.9 Å². The number of fused-ring (bicyclic) bond motifs is 1. The van der Waals surface area contributed by atoms with Gasteiger partial charge >= 0.3 is 5.97 Å². The SMILES string of the molecule is Cc1ccc2c(c1)cc(-c1cc(C(=O)O)ccn1)n2C. The number of carboxylic acids is 1. The molecule has 0 spiro atoms. The molecule has 0 bridgehead atoms. The highest BCUT2D eigenvalue weighted by molar-refractivity contribution is 5.90. The van der Waals surface area contributed by atoms with Gasteiger partial charge in [-0.15, -0.1) is 0 Å². The normalized spacial score (nSPS) is 10.9. The predicted molar refractivity (Wildman–Crippen MR) is 77.8 cm³/mol. The summed E-state index contributed by atoms with van der Waals surface area (Å²) in [6.07, 6.45) is 1.53. The lowest BCUT2D eigenvalue weighted by Gasteiger charge is -2.04. The van der Waals surface area contributed by atoms with Gasteiger partial charge in [0.1, 0.15) is 0 Å². The highest BCUT2D eigenvalue weighted by Crippen LogP contribution is 2.27. The topological polar surface area (TPSA) is 55.1 Å². The molecule has 0 saturated heterocycles. The maximum atomic E-state index is 11.1. The monoisotopic (exact) mass is 266 g/mol. The van der Waals surface area contributed by atoms with Gasteiger partial charge in [0.15, 0.2) is 0 Å². The van der Waals surface area contributed by atoms with Crippen LogP contribution in [0.15, 0.2) is 42.6 Å². The molecule has 3 rings (SSSR count). The first kappa shape index (κ1) is 12.4. The fourth-order valence-electron chi connectivity index (χ4n) is 2.42. The molecule has 0 aliphatic heterocycles. The molecule has 0 aliphatic carbocycles. The van der Waals surface area contributed by atoms with Crippen LogP contribution in [-0.4, -0.2) is 20.6 Å². The number of aryl methyl sites for hydroxylation is 2. The molecule has 4 heteroatoms. The van der Waals surface area contributed by atoms with Crippen LogP contribution in [0.4, 0.5) is 0 Å². The third-order valence-corrected chi connectivity index (χ3v) is 3.47. The second-order valence-electron chi connectivity index (χ2n) is 4.89. The molecule has 3 aromatic rings. The van der Waals surface area contributed by atoms with E-state index in [0.717, 1.165) is 16.6 Å². The van der Waals surface area contributed by atoms with Crippen molar-refractivity contribution < 1.29 is 9.90 Å². The van der Waals surface area contributed by atoms with Crippen molar-refractivity contribution in [2.24, 2.45) is 7.05 Å². The standard InChI is InChI=1S/C16H14N2O2/c1-10-3-4-14-12(7-10)9-15(18(14)2)13-8-11(16(19)20)5-6-17-13/h3-9H,1-2H3,(H,19,20). The Balaban J connectivity index is 2.21. The quantitative estimate of drug-likeness (QED) is 0.774. The molecule has 100 valence electrons. The van der Waals surface area contributed by atoms with E-state index in [1.807, 2.05) is 17.7 Å². The second-order valence-corrected chi connectivity index (χ2v) is 4.89. The molecule has 20 heavy (non-hydrogen) atoms. The van der Waals surface area contributed by atoms with E-state index < -0.39 is 5.97 Å². The van der Waals surface area contributed by atoms with Gasteiger partial charge in [-0.2, -0.15) is 0 Å². The molecule has 0 atom stereocenters. The number of aromatic carboxylic acids is 1. The number of hydrogen-bond acceptors (Lipinski definition) is 2. The van der Waals surface area contributed by atoms with E-state index in [2.05, 4.69) is 30.1 Å². The first-order valence-corrected chi connectivity index (χ1v) is 6.32. The minimum atomic E-state index is -0.941. The molecule has 0 unspecified atom stereocenters. The van der Waals surface area contributed by atoms with Gasteiger partial charge in [-0.25, -0.2) is 4.79 Å². The smallest absolute Gasteiger partial charge is 0.335 e. The molecule has 2 heterocycles. The van der Waals surface area contributed by atoms with Crippen molar-refractivity contribution in [1.82, 2.24) is 9.55 Å². The summed E-state index contributed by atoms with van der Waals surface area (Å²) >= 11 is 0. The summed E-state index contributed by atoms with van der Waals surface area (Å²) in [5.74, 6) is -0.941. The minimum Gasteiger partial charge on any atom is -0.478 e. The van der Waals surface area contributed by atoms with E-state index in [9.17, 15) is 4.79 Å². The van der Waals surface area contributed by atoms with Gasteiger partial charge in [0.25, 0.3) is 0 Å². The van der Waals surface area contributed by atoms with Crippen molar-refractivity contribution in [3.8, 4) is 11.4 Å². The first-order chi connectivity index (χ1) is 9.56. The average Bonchev–Trinajstić information content (AvgIpc) is 2.75. The largest absolute Gasteiger partial charge is 0.478 e. The Morgan fingerprint density at radius 2 is 2.00 bits per heavy atom. The third kappa shape index (κ3) is 1.95.